The smallest absolute Gasteiger partial charge is 0.264 e. The van der Waals surface area contributed by atoms with Gasteiger partial charge in [0, 0.05) is 10.7 Å². The van der Waals surface area contributed by atoms with Gasteiger partial charge in [0.2, 0.25) is 5.82 Å². The van der Waals surface area contributed by atoms with E-state index in [4.69, 9.17) is 15.4 Å². The molecule has 3 nitrogen and oxygen atoms in total. The minimum atomic E-state index is -4.31. The molecule has 0 heterocycles. The highest BCUT2D eigenvalue weighted by atomic mass is 35.7. The molecule has 0 aromatic heterocycles. The van der Waals surface area contributed by atoms with Crippen LogP contribution in [0.2, 0.25) is 0 Å². The first-order valence-electron chi connectivity index (χ1n) is 5.04. The van der Waals surface area contributed by atoms with E-state index in [9.17, 15) is 17.2 Å². The van der Waals surface area contributed by atoms with E-state index in [1.54, 1.807) is 6.08 Å². The van der Waals surface area contributed by atoms with Crippen molar-refractivity contribution in [2.75, 3.05) is 6.61 Å². The van der Waals surface area contributed by atoms with Crippen molar-refractivity contribution >= 4 is 19.7 Å². The summed E-state index contributed by atoms with van der Waals surface area (Å²) in [5.41, 5.74) is 0. The van der Waals surface area contributed by atoms with Crippen molar-refractivity contribution < 1.29 is 21.9 Å². The van der Waals surface area contributed by atoms with Crippen molar-refractivity contribution in [3.8, 4) is 5.75 Å². The second-order valence-corrected chi connectivity index (χ2v) is 5.94. The molecule has 0 aliphatic rings. The van der Waals surface area contributed by atoms with E-state index in [0.29, 0.717) is 12.8 Å². The van der Waals surface area contributed by atoms with Crippen LogP contribution in [0.5, 0.6) is 5.75 Å². The first kappa shape index (κ1) is 14.9. The van der Waals surface area contributed by atoms with Gasteiger partial charge in [0.15, 0.2) is 11.6 Å². The lowest BCUT2D eigenvalue weighted by atomic mass is 10.3. The van der Waals surface area contributed by atoms with E-state index in [0.717, 1.165) is 12.1 Å². The first-order chi connectivity index (χ1) is 8.38. The van der Waals surface area contributed by atoms with Gasteiger partial charge in [0.1, 0.15) is 4.90 Å². The van der Waals surface area contributed by atoms with Gasteiger partial charge in [0.05, 0.1) is 6.61 Å². The van der Waals surface area contributed by atoms with E-state index in [1.165, 1.54) is 0 Å². The zero-order valence-corrected chi connectivity index (χ0v) is 10.9. The molecule has 0 aliphatic heterocycles. The van der Waals surface area contributed by atoms with Crippen LogP contribution in [0, 0.1) is 11.6 Å². The minimum absolute atomic E-state index is 0.176. The van der Waals surface area contributed by atoms with Gasteiger partial charge >= 0.3 is 0 Å². The van der Waals surface area contributed by atoms with E-state index in [1.807, 2.05) is 0 Å². The topological polar surface area (TPSA) is 43.4 Å². The maximum absolute atomic E-state index is 13.5. The lowest BCUT2D eigenvalue weighted by Crippen LogP contribution is -2.04. The third-order valence-electron chi connectivity index (χ3n) is 2.08. The number of ether oxygens (including phenoxy) is 1. The molecule has 0 N–H and O–H groups in total. The van der Waals surface area contributed by atoms with E-state index in [2.05, 4.69) is 6.58 Å². The SMILES string of the molecule is C=CCCCOc1ccc(S(=O)(=O)Cl)c(F)c1F. The summed E-state index contributed by atoms with van der Waals surface area (Å²) in [6, 6.07) is 1.89. The molecule has 0 fully saturated rings. The summed E-state index contributed by atoms with van der Waals surface area (Å²) in [5, 5.41) is 0. The van der Waals surface area contributed by atoms with Gasteiger partial charge in [-0.2, -0.15) is 4.39 Å². The summed E-state index contributed by atoms with van der Waals surface area (Å²) in [6.07, 6.45) is 2.95. The number of halogens is 3. The molecule has 0 aliphatic carbocycles. The fraction of sp³-hybridized carbons (Fsp3) is 0.273. The molecule has 0 amide bonds. The third kappa shape index (κ3) is 3.68. The quantitative estimate of drug-likeness (QED) is 0.460. The lowest BCUT2D eigenvalue weighted by Gasteiger charge is -2.08. The van der Waals surface area contributed by atoms with Crippen LogP contribution in [0.15, 0.2) is 29.7 Å². The summed E-state index contributed by atoms with van der Waals surface area (Å²) < 4.78 is 53.7. The largest absolute Gasteiger partial charge is 0.490 e. The highest BCUT2D eigenvalue weighted by Gasteiger charge is 2.22. The molecule has 18 heavy (non-hydrogen) atoms. The molecular weight excluding hydrogens is 286 g/mol. The predicted molar refractivity (Wildman–Crippen MR) is 64.3 cm³/mol. The van der Waals surface area contributed by atoms with Gasteiger partial charge in [-0.1, -0.05) is 6.08 Å². The zero-order valence-electron chi connectivity index (χ0n) is 9.33. The van der Waals surface area contributed by atoms with Crippen molar-refractivity contribution in [1.29, 1.82) is 0 Å². The van der Waals surface area contributed by atoms with E-state index in [-0.39, 0.29) is 12.4 Å². The Balaban J connectivity index is 2.91. The Bertz CT molecular complexity index is 543. The van der Waals surface area contributed by atoms with Crippen LogP contribution in [-0.2, 0) is 9.05 Å². The summed E-state index contributed by atoms with van der Waals surface area (Å²) in [5.74, 6) is -3.25. The Morgan fingerprint density at radius 2 is 2.00 bits per heavy atom. The Labute approximate surface area is 108 Å². The van der Waals surface area contributed by atoms with Gasteiger partial charge in [-0.3, -0.25) is 0 Å². The lowest BCUT2D eigenvalue weighted by molar-refractivity contribution is 0.289. The van der Waals surface area contributed by atoms with E-state index >= 15 is 0 Å². The maximum Gasteiger partial charge on any atom is 0.264 e. The van der Waals surface area contributed by atoms with Crippen molar-refractivity contribution in [1.82, 2.24) is 0 Å². The number of allylic oxidation sites excluding steroid dienone is 1. The second-order valence-electron chi connectivity index (χ2n) is 3.41. The average molecular weight is 297 g/mol. The number of unbranched alkanes of at least 4 members (excludes halogenated alkanes) is 1. The maximum atomic E-state index is 13.5. The molecule has 7 heteroatoms. The number of benzene rings is 1. The van der Waals surface area contributed by atoms with Crippen LogP contribution in [0.25, 0.3) is 0 Å². The van der Waals surface area contributed by atoms with Crippen LogP contribution in [0.4, 0.5) is 8.78 Å². The van der Waals surface area contributed by atoms with Crippen molar-refractivity contribution in [2.45, 2.75) is 17.7 Å². The summed E-state index contributed by atoms with van der Waals surface area (Å²) in [6.45, 7) is 3.68. The molecule has 0 radical (unpaired) electrons. The summed E-state index contributed by atoms with van der Waals surface area (Å²) in [7, 11) is 0.634. The van der Waals surface area contributed by atoms with Gasteiger partial charge in [-0.25, -0.2) is 12.8 Å². The van der Waals surface area contributed by atoms with Gasteiger partial charge in [-0.05, 0) is 25.0 Å². The van der Waals surface area contributed by atoms with Crippen molar-refractivity contribution in [2.24, 2.45) is 0 Å². The molecule has 0 saturated carbocycles. The second kappa shape index (κ2) is 6.15. The van der Waals surface area contributed by atoms with Crippen LogP contribution in [-0.4, -0.2) is 15.0 Å². The summed E-state index contributed by atoms with van der Waals surface area (Å²) in [4.78, 5) is -0.903. The molecule has 100 valence electrons. The molecule has 1 rings (SSSR count). The molecular formula is C11H11ClF2O3S. The fourth-order valence-corrected chi connectivity index (χ4v) is 2.12. The minimum Gasteiger partial charge on any atom is -0.490 e. The average Bonchev–Trinajstić information content (AvgIpc) is 2.28. The Morgan fingerprint density at radius 3 is 2.56 bits per heavy atom. The van der Waals surface area contributed by atoms with Crippen LogP contribution < -0.4 is 4.74 Å². The molecule has 1 aromatic rings. The van der Waals surface area contributed by atoms with Crippen LogP contribution in [0.1, 0.15) is 12.8 Å². The molecule has 0 unspecified atom stereocenters. The normalized spacial score (nSPS) is 11.3. The van der Waals surface area contributed by atoms with Crippen LogP contribution >= 0.6 is 10.7 Å². The molecule has 1 aromatic carbocycles. The Hall–Kier alpha value is -1.14. The fourth-order valence-electron chi connectivity index (χ4n) is 1.22. The molecule has 0 saturated heterocycles. The van der Waals surface area contributed by atoms with Gasteiger partial charge in [0.25, 0.3) is 9.05 Å². The molecule has 0 spiro atoms. The molecule has 0 atom stereocenters. The third-order valence-corrected chi connectivity index (χ3v) is 3.42. The van der Waals surface area contributed by atoms with Gasteiger partial charge in [-0.15, -0.1) is 6.58 Å². The zero-order chi connectivity index (χ0) is 13.8. The highest BCUT2D eigenvalue weighted by molar-refractivity contribution is 8.13. The number of rotatable bonds is 6. The van der Waals surface area contributed by atoms with Gasteiger partial charge < -0.3 is 4.74 Å². The number of hydrogen-bond donors (Lipinski definition) is 0. The first-order valence-corrected chi connectivity index (χ1v) is 7.35. The molecule has 0 bridgehead atoms. The predicted octanol–water partition coefficient (Wildman–Crippen LogP) is 3.24. The van der Waals surface area contributed by atoms with E-state index < -0.39 is 25.6 Å². The monoisotopic (exact) mass is 296 g/mol. The highest BCUT2D eigenvalue weighted by Crippen LogP contribution is 2.27. The van der Waals surface area contributed by atoms with Crippen molar-refractivity contribution in [3.05, 3.63) is 36.4 Å². The van der Waals surface area contributed by atoms with Crippen molar-refractivity contribution in [3.63, 3.8) is 0 Å². The Morgan fingerprint density at radius 1 is 1.33 bits per heavy atom. The number of hydrogen-bond acceptors (Lipinski definition) is 3. The standard InChI is InChI=1S/C11H11ClF2O3S/c1-2-3-4-7-17-8-5-6-9(18(12,15)16)11(14)10(8)13/h2,5-6H,1,3-4,7H2. The Kier molecular flexibility index (Phi) is 5.10. The summed E-state index contributed by atoms with van der Waals surface area (Å²) >= 11 is 0. The van der Waals surface area contributed by atoms with Crippen LogP contribution in [0.3, 0.4) is 0 Å².